The van der Waals surface area contributed by atoms with Crippen LogP contribution < -0.4 is 14.4 Å². The van der Waals surface area contributed by atoms with Crippen LogP contribution in [0.15, 0.2) is 52.3 Å². The molecule has 3 rings (SSSR count). The lowest BCUT2D eigenvalue weighted by Crippen LogP contribution is -3.06. The first kappa shape index (κ1) is 20.5. The molecule has 0 bridgehead atoms. The number of hydrogen-bond donors (Lipinski definition) is 2. The third-order valence-corrected chi connectivity index (χ3v) is 4.88. The number of carbonyl (C=O) groups is 2. The van der Waals surface area contributed by atoms with Crippen LogP contribution in [0.3, 0.4) is 0 Å². The predicted molar refractivity (Wildman–Crippen MR) is 104 cm³/mol. The Morgan fingerprint density at radius 3 is 2.59 bits per heavy atom. The first-order valence-electron chi connectivity index (χ1n) is 9.22. The van der Waals surface area contributed by atoms with Gasteiger partial charge in [0.15, 0.2) is 11.5 Å². The smallest absolute Gasteiger partial charge is 0.290 e. The van der Waals surface area contributed by atoms with Gasteiger partial charge in [-0.05, 0) is 30.3 Å². The molecule has 2 heterocycles. The Morgan fingerprint density at radius 2 is 2.00 bits per heavy atom. The van der Waals surface area contributed by atoms with Crippen LogP contribution in [0.25, 0.3) is 0 Å². The van der Waals surface area contributed by atoms with Gasteiger partial charge in [0.05, 0.1) is 59.3 Å². The molecule has 154 valence electrons. The van der Waals surface area contributed by atoms with Gasteiger partial charge in [0.1, 0.15) is 11.5 Å². The van der Waals surface area contributed by atoms with Crippen molar-refractivity contribution in [2.75, 3.05) is 41.4 Å². The first-order chi connectivity index (χ1) is 13.9. The highest BCUT2D eigenvalue weighted by atomic mass is 16.5. The molecule has 0 radical (unpaired) electrons. The van der Waals surface area contributed by atoms with Crippen molar-refractivity contribution in [3.8, 4) is 11.5 Å². The zero-order valence-corrected chi connectivity index (χ0v) is 16.9. The molecule has 0 aliphatic carbocycles. The number of aliphatic hydroxyl groups is 1. The van der Waals surface area contributed by atoms with Crippen molar-refractivity contribution >= 4 is 11.7 Å². The molecule has 0 saturated heterocycles. The van der Waals surface area contributed by atoms with Gasteiger partial charge in [0.25, 0.3) is 5.91 Å². The van der Waals surface area contributed by atoms with E-state index in [2.05, 4.69) is 0 Å². The molecule has 1 aliphatic heterocycles. The highest BCUT2D eigenvalue weighted by Gasteiger charge is 2.45. The molecule has 2 aromatic rings. The summed E-state index contributed by atoms with van der Waals surface area (Å²) < 4.78 is 16.0. The summed E-state index contributed by atoms with van der Waals surface area (Å²) in [5, 5.41) is 10.6. The number of benzene rings is 1. The monoisotopic (exact) mass is 401 g/mol. The largest absolute Gasteiger partial charge is 0.503 e. The standard InChI is InChI=1S/C21H24N2O6/c1-22(2)9-10-23-18(14-12-13(27-3)7-8-15(14)28-4)17(20(25)21(23)26)19(24)16-6-5-11-29-16/h5-8,11-12,18,25H,9-10H2,1-4H3/p+1/t18-/m0/s1. The van der Waals surface area contributed by atoms with Gasteiger partial charge < -0.3 is 28.8 Å². The molecule has 8 heteroatoms. The highest BCUT2D eigenvalue weighted by molar-refractivity contribution is 6.15. The summed E-state index contributed by atoms with van der Waals surface area (Å²) in [7, 11) is 6.96. The molecular weight excluding hydrogens is 376 g/mol. The second-order valence-corrected chi connectivity index (χ2v) is 7.03. The summed E-state index contributed by atoms with van der Waals surface area (Å²) in [5.41, 5.74) is 0.512. The van der Waals surface area contributed by atoms with Crippen LogP contribution in [0, 0.1) is 0 Å². The number of nitrogens with zero attached hydrogens (tertiary/aromatic N) is 1. The van der Waals surface area contributed by atoms with Crippen LogP contribution in [-0.2, 0) is 4.79 Å². The summed E-state index contributed by atoms with van der Waals surface area (Å²) in [5.74, 6) is -0.652. The Kier molecular flexibility index (Phi) is 5.93. The summed E-state index contributed by atoms with van der Waals surface area (Å²) >= 11 is 0. The fourth-order valence-corrected chi connectivity index (χ4v) is 3.38. The van der Waals surface area contributed by atoms with E-state index in [-0.39, 0.29) is 11.3 Å². The van der Waals surface area contributed by atoms with Crippen molar-refractivity contribution in [3.05, 3.63) is 59.3 Å². The molecule has 0 saturated carbocycles. The van der Waals surface area contributed by atoms with Crippen LogP contribution in [0.2, 0.25) is 0 Å². The first-order valence-corrected chi connectivity index (χ1v) is 9.22. The van der Waals surface area contributed by atoms with Gasteiger partial charge in [0, 0.05) is 5.56 Å². The van der Waals surface area contributed by atoms with E-state index < -0.39 is 23.5 Å². The number of ether oxygens (including phenoxy) is 2. The molecule has 8 nitrogen and oxygen atoms in total. The van der Waals surface area contributed by atoms with Crippen molar-refractivity contribution in [1.82, 2.24) is 4.90 Å². The molecule has 1 aromatic carbocycles. The van der Waals surface area contributed by atoms with E-state index >= 15 is 0 Å². The summed E-state index contributed by atoms with van der Waals surface area (Å²) in [6.45, 7) is 0.967. The van der Waals surface area contributed by atoms with E-state index in [1.807, 2.05) is 14.1 Å². The van der Waals surface area contributed by atoms with Crippen molar-refractivity contribution < 1.29 is 33.5 Å². The molecule has 0 spiro atoms. The quantitative estimate of drug-likeness (QED) is 0.642. The van der Waals surface area contributed by atoms with Gasteiger partial charge in [-0.1, -0.05) is 0 Å². The van der Waals surface area contributed by atoms with E-state index in [4.69, 9.17) is 13.9 Å². The maximum Gasteiger partial charge on any atom is 0.290 e. The Morgan fingerprint density at radius 1 is 1.24 bits per heavy atom. The fourth-order valence-electron chi connectivity index (χ4n) is 3.38. The molecule has 1 atom stereocenters. The van der Waals surface area contributed by atoms with Crippen LogP contribution in [0.1, 0.15) is 22.2 Å². The van der Waals surface area contributed by atoms with Crippen molar-refractivity contribution in [2.24, 2.45) is 0 Å². The predicted octanol–water partition coefficient (Wildman–Crippen LogP) is 1.02. The molecule has 0 unspecified atom stereocenters. The molecule has 0 fully saturated rings. The van der Waals surface area contributed by atoms with Crippen molar-refractivity contribution in [2.45, 2.75) is 6.04 Å². The zero-order valence-electron chi connectivity index (χ0n) is 16.9. The number of amides is 1. The number of quaternary nitrogens is 1. The minimum absolute atomic E-state index is 0.0368. The maximum absolute atomic E-state index is 13.1. The van der Waals surface area contributed by atoms with Gasteiger partial charge in [-0.2, -0.15) is 0 Å². The number of furan rings is 1. The number of Topliss-reactive ketones (excluding diaryl/α,β-unsaturated/α-hetero) is 1. The number of rotatable bonds is 8. The van der Waals surface area contributed by atoms with Gasteiger partial charge in [0.2, 0.25) is 5.78 Å². The lowest BCUT2D eigenvalue weighted by atomic mass is 9.94. The van der Waals surface area contributed by atoms with Crippen LogP contribution in [0.5, 0.6) is 11.5 Å². The molecular formula is C21H25N2O6+. The van der Waals surface area contributed by atoms with Crippen LogP contribution >= 0.6 is 0 Å². The SMILES string of the molecule is COc1ccc(OC)c([C@H]2C(C(=O)c3ccco3)=C(O)C(=O)N2CC[NH+](C)C)c1. The number of carbonyl (C=O) groups excluding carboxylic acids is 2. The maximum atomic E-state index is 13.1. The van der Waals surface area contributed by atoms with Crippen molar-refractivity contribution in [1.29, 1.82) is 0 Å². The number of likely N-dealkylation sites (N-methyl/N-ethyl adjacent to an activating group) is 1. The van der Waals surface area contributed by atoms with Gasteiger partial charge in [-0.25, -0.2) is 0 Å². The number of ketones is 1. The molecule has 1 aliphatic rings. The third kappa shape index (κ3) is 3.84. The Hall–Kier alpha value is -3.26. The summed E-state index contributed by atoms with van der Waals surface area (Å²) in [6.07, 6.45) is 1.37. The topological polar surface area (TPSA) is 93.6 Å². The molecule has 2 N–H and O–H groups in total. The summed E-state index contributed by atoms with van der Waals surface area (Å²) in [6, 6.07) is 7.39. The van der Waals surface area contributed by atoms with E-state index in [0.717, 1.165) is 4.90 Å². The van der Waals surface area contributed by atoms with E-state index in [9.17, 15) is 14.7 Å². The van der Waals surface area contributed by atoms with Gasteiger partial charge in [-0.3, -0.25) is 9.59 Å². The zero-order chi connectivity index (χ0) is 21.1. The lowest BCUT2D eigenvalue weighted by molar-refractivity contribution is -0.857. The van der Waals surface area contributed by atoms with E-state index in [0.29, 0.717) is 30.2 Å². The third-order valence-electron chi connectivity index (χ3n) is 4.88. The Balaban J connectivity index is 2.15. The van der Waals surface area contributed by atoms with Gasteiger partial charge >= 0.3 is 0 Å². The fraction of sp³-hybridized carbons (Fsp3) is 0.333. The minimum Gasteiger partial charge on any atom is -0.503 e. The minimum atomic E-state index is -0.829. The van der Waals surface area contributed by atoms with E-state index in [1.54, 1.807) is 24.3 Å². The normalized spacial score (nSPS) is 16.7. The molecule has 1 amide bonds. The van der Waals surface area contributed by atoms with Crippen molar-refractivity contribution in [3.63, 3.8) is 0 Å². The average molecular weight is 401 g/mol. The molecule has 1 aromatic heterocycles. The molecule has 29 heavy (non-hydrogen) atoms. The van der Waals surface area contributed by atoms with Crippen LogP contribution in [-0.4, -0.2) is 63.1 Å². The highest BCUT2D eigenvalue weighted by Crippen LogP contribution is 2.43. The van der Waals surface area contributed by atoms with E-state index in [1.165, 1.54) is 31.4 Å². The Bertz CT molecular complexity index is 933. The lowest BCUT2D eigenvalue weighted by Gasteiger charge is -2.28. The number of nitrogens with one attached hydrogen (secondary N) is 1. The average Bonchev–Trinajstić information content (AvgIpc) is 3.33. The Labute approximate surface area is 168 Å². The van der Waals surface area contributed by atoms with Gasteiger partial charge in [-0.15, -0.1) is 0 Å². The second kappa shape index (κ2) is 8.40. The number of hydrogen-bond acceptors (Lipinski definition) is 6. The van der Waals surface area contributed by atoms with Crippen LogP contribution in [0.4, 0.5) is 0 Å². The number of methoxy groups -OCH3 is 2. The second-order valence-electron chi connectivity index (χ2n) is 7.03. The number of aliphatic hydroxyl groups excluding tert-OH is 1. The summed E-state index contributed by atoms with van der Waals surface area (Å²) in [4.78, 5) is 28.6.